The third-order valence-electron chi connectivity index (χ3n) is 4.82. The third-order valence-corrected chi connectivity index (χ3v) is 4.82. The van der Waals surface area contributed by atoms with Gasteiger partial charge in [0.15, 0.2) is 0 Å². The Kier molecular flexibility index (Phi) is 5.53. The van der Waals surface area contributed by atoms with Crippen LogP contribution in [0, 0.1) is 5.82 Å². The average Bonchev–Trinajstić information content (AvgIpc) is 3.40. The SMILES string of the molecule is CC(C(=O)NC(=O)NC1CC1)N1CCC(Nc2ccc(F)cc2)CC1. The average molecular weight is 348 g/mol. The Morgan fingerprint density at radius 1 is 1.08 bits per heavy atom. The van der Waals surface area contributed by atoms with Crippen LogP contribution in [0.4, 0.5) is 14.9 Å². The van der Waals surface area contributed by atoms with Crippen molar-refractivity contribution in [2.75, 3.05) is 18.4 Å². The number of hydrogen-bond donors (Lipinski definition) is 3. The number of nitrogens with one attached hydrogen (secondary N) is 3. The van der Waals surface area contributed by atoms with Crippen LogP contribution in [0.5, 0.6) is 0 Å². The van der Waals surface area contributed by atoms with Crippen molar-refractivity contribution in [2.45, 2.75) is 50.7 Å². The maximum absolute atomic E-state index is 12.9. The van der Waals surface area contributed by atoms with Crippen molar-refractivity contribution in [3.63, 3.8) is 0 Å². The van der Waals surface area contributed by atoms with E-state index >= 15 is 0 Å². The zero-order valence-electron chi connectivity index (χ0n) is 14.4. The number of likely N-dealkylation sites (tertiary alicyclic amines) is 1. The van der Waals surface area contributed by atoms with Crippen LogP contribution in [0.2, 0.25) is 0 Å². The van der Waals surface area contributed by atoms with Gasteiger partial charge in [0.05, 0.1) is 6.04 Å². The Morgan fingerprint density at radius 2 is 1.72 bits per heavy atom. The molecule has 0 aromatic heterocycles. The maximum Gasteiger partial charge on any atom is 0.321 e. The molecule has 25 heavy (non-hydrogen) atoms. The number of carbonyl (C=O) groups is 2. The van der Waals surface area contributed by atoms with E-state index in [0.717, 1.165) is 44.5 Å². The minimum atomic E-state index is -0.396. The highest BCUT2D eigenvalue weighted by molar-refractivity contribution is 5.97. The molecule has 1 heterocycles. The van der Waals surface area contributed by atoms with Crippen LogP contribution in [0.3, 0.4) is 0 Å². The number of halogens is 1. The summed E-state index contributed by atoms with van der Waals surface area (Å²) >= 11 is 0. The van der Waals surface area contributed by atoms with Gasteiger partial charge in [-0.1, -0.05) is 0 Å². The summed E-state index contributed by atoms with van der Waals surface area (Å²) in [6.45, 7) is 3.38. The maximum atomic E-state index is 12.9. The largest absolute Gasteiger partial charge is 0.382 e. The molecule has 0 spiro atoms. The van der Waals surface area contributed by atoms with Crippen molar-refractivity contribution in [3.8, 4) is 0 Å². The van der Waals surface area contributed by atoms with E-state index in [0.29, 0.717) is 6.04 Å². The third kappa shape index (κ3) is 5.16. The number of benzene rings is 1. The van der Waals surface area contributed by atoms with Crippen LogP contribution in [0.25, 0.3) is 0 Å². The van der Waals surface area contributed by atoms with E-state index in [1.165, 1.54) is 12.1 Å². The molecule has 1 aromatic carbocycles. The minimum absolute atomic E-state index is 0.233. The van der Waals surface area contributed by atoms with E-state index in [1.54, 1.807) is 12.1 Å². The van der Waals surface area contributed by atoms with Gasteiger partial charge in [0.25, 0.3) is 0 Å². The molecule has 0 radical (unpaired) electrons. The van der Waals surface area contributed by atoms with Gasteiger partial charge in [0.1, 0.15) is 5.82 Å². The molecule has 1 aliphatic carbocycles. The molecule has 1 atom stereocenters. The molecular formula is C18H25FN4O2. The van der Waals surface area contributed by atoms with E-state index in [-0.39, 0.29) is 23.8 Å². The number of rotatable bonds is 5. The van der Waals surface area contributed by atoms with E-state index in [1.807, 2.05) is 6.92 Å². The molecule has 136 valence electrons. The van der Waals surface area contributed by atoms with Crippen LogP contribution < -0.4 is 16.0 Å². The Labute approximate surface area is 147 Å². The molecular weight excluding hydrogens is 323 g/mol. The molecule has 2 aliphatic rings. The first kappa shape index (κ1) is 17.7. The predicted octanol–water partition coefficient (Wildman–Crippen LogP) is 2.08. The number of imide groups is 1. The zero-order chi connectivity index (χ0) is 17.8. The van der Waals surface area contributed by atoms with Crippen molar-refractivity contribution < 1.29 is 14.0 Å². The summed E-state index contributed by atoms with van der Waals surface area (Å²) in [5.41, 5.74) is 0.905. The molecule has 1 saturated carbocycles. The summed E-state index contributed by atoms with van der Waals surface area (Å²) in [6, 6.07) is 6.15. The highest BCUT2D eigenvalue weighted by atomic mass is 19.1. The van der Waals surface area contributed by atoms with Gasteiger partial charge in [-0.3, -0.25) is 15.0 Å². The molecule has 1 unspecified atom stereocenters. The lowest BCUT2D eigenvalue weighted by atomic mass is 10.0. The van der Waals surface area contributed by atoms with E-state index in [4.69, 9.17) is 0 Å². The highest BCUT2D eigenvalue weighted by Gasteiger charge is 2.29. The van der Waals surface area contributed by atoms with E-state index in [2.05, 4.69) is 20.9 Å². The molecule has 7 heteroatoms. The fourth-order valence-electron chi connectivity index (χ4n) is 3.04. The van der Waals surface area contributed by atoms with E-state index in [9.17, 15) is 14.0 Å². The van der Waals surface area contributed by atoms with Gasteiger partial charge in [-0.15, -0.1) is 0 Å². The predicted molar refractivity (Wildman–Crippen MR) is 93.8 cm³/mol. The fourth-order valence-corrected chi connectivity index (χ4v) is 3.04. The second kappa shape index (κ2) is 7.82. The topological polar surface area (TPSA) is 73.5 Å². The highest BCUT2D eigenvalue weighted by Crippen LogP contribution is 2.19. The Hall–Kier alpha value is -2.15. The number of hydrogen-bond acceptors (Lipinski definition) is 4. The molecule has 1 aromatic rings. The van der Waals surface area contributed by atoms with Crippen molar-refractivity contribution in [3.05, 3.63) is 30.1 Å². The molecule has 3 N–H and O–H groups in total. The second-order valence-corrected chi connectivity index (χ2v) is 6.87. The van der Waals surface area contributed by atoms with Gasteiger partial charge < -0.3 is 10.6 Å². The first-order valence-electron chi connectivity index (χ1n) is 8.89. The molecule has 0 bridgehead atoms. The number of piperidine rings is 1. The van der Waals surface area contributed by atoms with E-state index < -0.39 is 6.03 Å². The van der Waals surface area contributed by atoms with Gasteiger partial charge in [-0.05, 0) is 56.9 Å². The Balaban J connectivity index is 1.41. The van der Waals surface area contributed by atoms with Crippen LogP contribution in [-0.4, -0.2) is 48.1 Å². The smallest absolute Gasteiger partial charge is 0.321 e. The number of urea groups is 1. The summed E-state index contributed by atoms with van der Waals surface area (Å²) in [4.78, 5) is 26.0. The Morgan fingerprint density at radius 3 is 2.32 bits per heavy atom. The van der Waals surface area contributed by atoms with Gasteiger partial charge in [-0.2, -0.15) is 0 Å². The number of carbonyl (C=O) groups excluding carboxylic acids is 2. The molecule has 1 saturated heterocycles. The quantitative estimate of drug-likeness (QED) is 0.762. The van der Waals surface area contributed by atoms with Crippen molar-refractivity contribution in [2.24, 2.45) is 0 Å². The summed E-state index contributed by atoms with van der Waals surface area (Å²) in [6.07, 6.45) is 3.77. The van der Waals surface area contributed by atoms with Crippen molar-refractivity contribution in [1.82, 2.24) is 15.5 Å². The summed E-state index contributed by atoms with van der Waals surface area (Å²) < 4.78 is 12.9. The first-order valence-corrected chi connectivity index (χ1v) is 8.89. The normalized spacial score (nSPS) is 19.9. The monoisotopic (exact) mass is 348 g/mol. The lowest BCUT2D eigenvalue weighted by Crippen LogP contribution is -2.52. The number of amides is 3. The van der Waals surface area contributed by atoms with Crippen molar-refractivity contribution >= 4 is 17.6 Å². The standard InChI is InChI=1S/C18H25FN4O2/c1-12(17(24)22-18(25)21-15-6-7-15)23-10-8-16(9-11-23)20-14-4-2-13(19)3-5-14/h2-5,12,15-16,20H,6-11H2,1H3,(H2,21,22,24,25). The lowest BCUT2D eigenvalue weighted by Gasteiger charge is -2.35. The molecule has 1 aliphatic heterocycles. The lowest BCUT2D eigenvalue weighted by molar-refractivity contribution is -0.125. The van der Waals surface area contributed by atoms with Crippen LogP contribution in [-0.2, 0) is 4.79 Å². The van der Waals surface area contributed by atoms with Crippen LogP contribution in [0.1, 0.15) is 32.6 Å². The molecule has 6 nitrogen and oxygen atoms in total. The van der Waals surface area contributed by atoms with Gasteiger partial charge in [-0.25, -0.2) is 9.18 Å². The molecule has 2 fully saturated rings. The van der Waals surface area contributed by atoms with Gasteiger partial charge in [0, 0.05) is 30.9 Å². The number of anilines is 1. The fraction of sp³-hybridized carbons (Fsp3) is 0.556. The van der Waals surface area contributed by atoms with Crippen molar-refractivity contribution in [1.29, 1.82) is 0 Å². The van der Waals surface area contributed by atoms with Gasteiger partial charge in [0.2, 0.25) is 5.91 Å². The molecule has 3 amide bonds. The zero-order valence-corrected chi connectivity index (χ0v) is 14.4. The van der Waals surface area contributed by atoms with Crippen LogP contribution in [0.15, 0.2) is 24.3 Å². The summed E-state index contributed by atoms with van der Waals surface area (Å²) in [7, 11) is 0. The Bertz CT molecular complexity index is 610. The van der Waals surface area contributed by atoms with Crippen LogP contribution >= 0.6 is 0 Å². The molecule has 3 rings (SSSR count). The number of nitrogens with zero attached hydrogens (tertiary/aromatic N) is 1. The second-order valence-electron chi connectivity index (χ2n) is 6.87. The summed E-state index contributed by atoms with van der Waals surface area (Å²) in [5, 5.41) is 8.58. The first-order chi connectivity index (χ1) is 12.0. The minimum Gasteiger partial charge on any atom is -0.382 e. The summed E-state index contributed by atoms with van der Waals surface area (Å²) in [5.74, 6) is -0.506. The van der Waals surface area contributed by atoms with Gasteiger partial charge >= 0.3 is 6.03 Å².